The molecule has 224 valence electrons. The van der Waals surface area contributed by atoms with Crippen LogP contribution < -0.4 is 9.47 Å². The van der Waals surface area contributed by atoms with Gasteiger partial charge in [-0.05, 0) is 75.7 Å². The quantitative estimate of drug-likeness (QED) is 0.198. The maximum Gasteiger partial charge on any atom is 0.160 e. The first-order valence-electron chi connectivity index (χ1n) is 14.9. The van der Waals surface area contributed by atoms with Crippen LogP contribution in [0.3, 0.4) is 0 Å². The topological polar surface area (TPSA) is 118 Å². The number of aromatic nitrogens is 7. The number of likely N-dealkylation sites (N-methyl/N-ethyl adjacent to an activating group) is 1. The summed E-state index contributed by atoms with van der Waals surface area (Å²) in [7, 11) is 3.93. The first-order chi connectivity index (χ1) is 21.5. The summed E-state index contributed by atoms with van der Waals surface area (Å²) >= 11 is 0. The van der Waals surface area contributed by atoms with Crippen molar-refractivity contribution in [2.75, 3.05) is 27.2 Å². The average molecular weight is 593 g/mol. The molecule has 0 atom stereocenters. The minimum atomic E-state index is -0.385. The Hall–Kier alpha value is -4.90. The smallest absolute Gasteiger partial charge is 0.160 e. The van der Waals surface area contributed by atoms with Crippen LogP contribution in [-0.4, -0.2) is 73.4 Å². The number of hydrogen-bond donors (Lipinski definition) is 2. The summed E-state index contributed by atoms with van der Waals surface area (Å²) in [6.07, 6.45) is 13.0. The van der Waals surface area contributed by atoms with E-state index in [0.29, 0.717) is 40.6 Å². The van der Waals surface area contributed by atoms with Crippen LogP contribution in [0.4, 0.5) is 4.39 Å². The number of fused-ring (bicyclic) bond motifs is 2. The van der Waals surface area contributed by atoms with Crippen LogP contribution in [0.5, 0.6) is 11.5 Å². The Bertz CT molecular complexity index is 1930. The van der Waals surface area contributed by atoms with E-state index in [1.807, 2.05) is 43.3 Å². The molecule has 1 saturated carbocycles. The Morgan fingerprint density at radius 2 is 1.82 bits per heavy atom. The van der Waals surface area contributed by atoms with E-state index < -0.39 is 0 Å². The summed E-state index contributed by atoms with van der Waals surface area (Å²) < 4.78 is 26.7. The van der Waals surface area contributed by atoms with Crippen molar-refractivity contribution >= 4 is 22.1 Å². The molecule has 1 fully saturated rings. The van der Waals surface area contributed by atoms with Gasteiger partial charge in [-0.3, -0.25) is 15.1 Å². The minimum absolute atomic E-state index is 0.234. The van der Waals surface area contributed by atoms with Gasteiger partial charge in [-0.1, -0.05) is 6.42 Å². The lowest BCUT2D eigenvalue weighted by molar-refractivity contribution is 0.154. The third-order valence-corrected chi connectivity index (χ3v) is 7.91. The van der Waals surface area contributed by atoms with E-state index in [-0.39, 0.29) is 11.9 Å². The van der Waals surface area contributed by atoms with Gasteiger partial charge in [-0.25, -0.2) is 14.4 Å². The van der Waals surface area contributed by atoms with Crippen molar-refractivity contribution in [2.24, 2.45) is 0 Å². The molecule has 0 amide bonds. The predicted octanol–water partition coefficient (Wildman–Crippen LogP) is 6.42. The van der Waals surface area contributed by atoms with E-state index in [1.165, 1.54) is 31.4 Å². The predicted molar refractivity (Wildman–Crippen MR) is 167 cm³/mol. The molecule has 0 saturated heterocycles. The summed E-state index contributed by atoms with van der Waals surface area (Å²) in [5, 5.41) is 8.46. The highest BCUT2D eigenvalue weighted by Gasteiger charge is 2.19. The number of benzene rings is 1. The van der Waals surface area contributed by atoms with Crippen molar-refractivity contribution in [1.82, 2.24) is 40.0 Å². The van der Waals surface area contributed by atoms with Crippen LogP contribution in [0.2, 0.25) is 0 Å². The number of H-pyrrole nitrogens is 2. The largest absolute Gasteiger partial charge is 0.492 e. The van der Waals surface area contributed by atoms with Gasteiger partial charge in [-0.15, -0.1) is 0 Å². The Morgan fingerprint density at radius 3 is 2.68 bits per heavy atom. The highest BCUT2D eigenvalue weighted by Crippen LogP contribution is 2.34. The number of hydrogen-bond acceptors (Lipinski definition) is 8. The van der Waals surface area contributed by atoms with E-state index >= 15 is 0 Å². The first-order valence-corrected chi connectivity index (χ1v) is 14.9. The number of halogens is 1. The molecular weight excluding hydrogens is 559 g/mol. The van der Waals surface area contributed by atoms with Gasteiger partial charge in [0.25, 0.3) is 0 Å². The van der Waals surface area contributed by atoms with Crippen LogP contribution in [0.15, 0.2) is 61.2 Å². The van der Waals surface area contributed by atoms with Crippen molar-refractivity contribution in [3.05, 3.63) is 67.0 Å². The van der Waals surface area contributed by atoms with Gasteiger partial charge in [0.05, 0.1) is 29.7 Å². The molecule has 0 spiro atoms. The van der Waals surface area contributed by atoms with Gasteiger partial charge in [0.15, 0.2) is 11.5 Å². The highest BCUT2D eigenvalue weighted by atomic mass is 19.1. The number of nitrogens with one attached hydrogen (secondary N) is 2. The molecule has 10 nitrogen and oxygen atoms in total. The standard InChI is InChI=1S/C33H33FN8O2/c1-42(2)10-11-43-24-13-20(12-22(34)15-24)26-8-9-36-32-30(26)38-33(39-32)31-27-16-28(37-19-29(27)40-41-31)21-14-25(18-35-17-21)44-23-6-4-3-5-7-23/h8-9,12-19,23H,3-7,10-11H2,1-2H3,(H,40,41)(H,36,38,39). The molecule has 44 heavy (non-hydrogen) atoms. The van der Waals surface area contributed by atoms with E-state index in [2.05, 4.69) is 30.1 Å². The van der Waals surface area contributed by atoms with Crippen LogP contribution in [-0.2, 0) is 0 Å². The number of rotatable bonds is 9. The SMILES string of the molecule is CN(C)CCOc1cc(F)cc(-c2ccnc3[nH]c(-c4n[nH]c5cnc(-c6cncc(OC7CCCCC7)c6)cc45)nc23)c1. The van der Waals surface area contributed by atoms with Gasteiger partial charge in [0.2, 0.25) is 0 Å². The van der Waals surface area contributed by atoms with Gasteiger partial charge in [0, 0.05) is 41.5 Å². The summed E-state index contributed by atoms with van der Waals surface area (Å²) in [6, 6.07) is 10.5. The molecule has 1 aromatic carbocycles. The number of aromatic amines is 2. The number of nitrogens with zero attached hydrogens (tertiary/aromatic N) is 6. The van der Waals surface area contributed by atoms with Gasteiger partial charge in [0.1, 0.15) is 35.1 Å². The van der Waals surface area contributed by atoms with Crippen molar-refractivity contribution in [1.29, 1.82) is 0 Å². The normalized spacial score (nSPS) is 14.1. The molecule has 5 heterocycles. The average Bonchev–Trinajstić information content (AvgIpc) is 3.65. The maximum absolute atomic E-state index is 14.7. The zero-order valence-corrected chi connectivity index (χ0v) is 24.7. The summed E-state index contributed by atoms with van der Waals surface area (Å²) in [5.41, 5.74) is 5.56. The number of ether oxygens (including phenoxy) is 2. The van der Waals surface area contributed by atoms with Crippen LogP contribution >= 0.6 is 0 Å². The second kappa shape index (κ2) is 12.0. The second-order valence-electron chi connectivity index (χ2n) is 11.4. The zero-order chi connectivity index (χ0) is 30.0. The van der Waals surface area contributed by atoms with Gasteiger partial charge >= 0.3 is 0 Å². The molecule has 0 radical (unpaired) electrons. The lowest BCUT2D eigenvalue weighted by Gasteiger charge is -2.22. The van der Waals surface area contributed by atoms with Crippen molar-refractivity contribution in [3.63, 3.8) is 0 Å². The fourth-order valence-electron chi connectivity index (χ4n) is 5.66. The molecular formula is C33H33FN8O2. The third kappa shape index (κ3) is 5.83. The fourth-order valence-corrected chi connectivity index (χ4v) is 5.66. The van der Waals surface area contributed by atoms with Crippen molar-refractivity contribution in [2.45, 2.75) is 38.2 Å². The first kappa shape index (κ1) is 27.9. The zero-order valence-electron chi connectivity index (χ0n) is 24.7. The third-order valence-electron chi connectivity index (χ3n) is 7.91. The summed E-state index contributed by atoms with van der Waals surface area (Å²) in [5.74, 6) is 1.37. The molecule has 11 heteroatoms. The van der Waals surface area contributed by atoms with E-state index in [4.69, 9.17) is 14.5 Å². The molecule has 1 aliphatic rings. The number of imidazole rings is 1. The van der Waals surface area contributed by atoms with Crippen LogP contribution in [0, 0.1) is 5.82 Å². The van der Waals surface area contributed by atoms with Crippen LogP contribution in [0.25, 0.3) is 56.0 Å². The van der Waals surface area contributed by atoms with Crippen LogP contribution in [0.1, 0.15) is 32.1 Å². The monoisotopic (exact) mass is 592 g/mol. The molecule has 6 aromatic rings. The Kier molecular flexibility index (Phi) is 7.61. The molecule has 0 unspecified atom stereocenters. The van der Waals surface area contributed by atoms with Gasteiger partial charge < -0.3 is 19.4 Å². The molecule has 0 bridgehead atoms. The highest BCUT2D eigenvalue weighted by molar-refractivity contribution is 5.96. The fraction of sp³-hybridized carbons (Fsp3) is 0.303. The second-order valence-corrected chi connectivity index (χ2v) is 11.4. The molecule has 2 N–H and O–H groups in total. The maximum atomic E-state index is 14.7. The van der Waals surface area contributed by atoms with E-state index in [1.54, 1.807) is 24.8 Å². The lowest BCUT2D eigenvalue weighted by Crippen LogP contribution is -2.19. The van der Waals surface area contributed by atoms with E-state index in [0.717, 1.165) is 52.9 Å². The Morgan fingerprint density at radius 1 is 0.955 bits per heavy atom. The molecule has 1 aliphatic carbocycles. The van der Waals surface area contributed by atoms with Crippen molar-refractivity contribution < 1.29 is 13.9 Å². The van der Waals surface area contributed by atoms with Gasteiger partial charge in [-0.2, -0.15) is 5.10 Å². The molecule has 5 aromatic heterocycles. The molecule has 7 rings (SSSR count). The Balaban J connectivity index is 1.21. The van der Waals surface area contributed by atoms with Crippen molar-refractivity contribution in [3.8, 4) is 45.4 Å². The number of pyridine rings is 3. The summed E-state index contributed by atoms with van der Waals surface area (Å²) in [4.78, 5) is 23.8. The minimum Gasteiger partial charge on any atom is -0.492 e. The summed E-state index contributed by atoms with van der Waals surface area (Å²) in [6.45, 7) is 1.17. The van der Waals surface area contributed by atoms with E-state index in [9.17, 15) is 4.39 Å². The Labute approximate surface area is 253 Å². The lowest BCUT2D eigenvalue weighted by atomic mass is 9.98. The molecule has 0 aliphatic heterocycles.